The topological polar surface area (TPSA) is 117 Å². The molecule has 4 N–H and O–H groups in total. The minimum absolute atomic E-state index is 0.155. The first-order chi connectivity index (χ1) is 18.5. The van der Waals surface area contributed by atoms with Crippen molar-refractivity contribution in [1.82, 2.24) is 0 Å². The van der Waals surface area contributed by atoms with Crippen LogP contribution < -0.4 is 10.6 Å². The van der Waals surface area contributed by atoms with Crippen LogP contribution in [0.5, 0.6) is 11.5 Å². The fourth-order valence-corrected chi connectivity index (χ4v) is 3.75. The van der Waals surface area contributed by atoms with E-state index in [1.165, 1.54) is 49.9 Å². The number of anilines is 2. The van der Waals surface area contributed by atoms with Crippen molar-refractivity contribution in [1.29, 1.82) is 0 Å². The lowest BCUT2D eigenvalue weighted by Gasteiger charge is -2.07. The van der Waals surface area contributed by atoms with Gasteiger partial charge < -0.3 is 19.7 Å². The maximum absolute atomic E-state index is 11.7. The molecule has 0 saturated heterocycles. The molecule has 0 unspecified atom stereocenters. The SMILES string of the molecule is O=C(Nc1ccc(O)cc1)OCCCCCCC/C=C/CCCCCCCOC(=O)Nc1ccc(O)cc1. The van der Waals surface area contributed by atoms with Gasteiger partial charge in [0.05, 0.1) is 13.2 Å². The molecule has 0 bridgehead atoms. The smallest absolute Gasteiger partial charge is 0.411 e. The van der Waals surface area contributed by atoms with Gasteiger partial charge in [-0.05, 0) is 87.1 Å². The van der Waals surface area contributed by atoms with Gasteiger partial charge in [0, 0.05) is 11.4 Å². The van der Waals surface area contributed by atoms with Crippen LogP contribution in [-0.2, 0) is 9.47 Å². The van der Waals surface area contributed by atoms with Gasteiger partial charge in [0.1, 0.15) is 11.5 Å². The van der Waals surface area contributed by atoms with Crippen molar-refractivity contribution >= 4 is 23.6 Å². The number of hydrogen-bond donors (Lipinski definition) is 4. The van der Waals surface area contributed by atoms with Gasteiger partial charge in [0.15, 0.2) is 0 Å². The first-order valence-corrected chi connectivity index (χ1v) is 13.6. The number of ether oxygens (including phenoxy) is 2. The third kappa shape index (κ3) is 15.4. The molecule has 2 aromatic rings. The summed E-state index contributed by atoms with van der Waals surface area (Å²) in [4.78, 5) is 23.4. The van der Waals surface area contributed by atoms with Gasteiger partial charge in [-0.3, -0.25) is 10.6 Å². The molecule has 2 aromatic carbocycles. The first-order valence-electron chi connectivity index (χ1n) is 13.6. The number of nitrogens with one attached hydrogen (secondary N) is 2. The molecular formula is C30H42N2O6. The molecule has 0 radical (unpaired) electrons. The molecule has 0 atom stereocenters. The fourth-order valence-electron chi connectivity index (χ4n) is 3.75. The fraction of sp³-hybridized carbons (Fsp3) is 0.467. The Bertz CT molecular complexity index is 867. The third-order valence-corrected chi connectivity index (χ3v) is 5.89. The molecule has 0 aromatic heterocycles. The van der Waals surface area contributed by atoms with Gasteiger partial charge in [0.2, 0.25) is 0 Å². The highest BCUT2D eigenvalue weighted by atomic mass is 16.6. The van der Waals surface area contributed by atoms with Crippen molar-refractivity contribution in [3.05, 3.63) is 60.7 Å². The number of rotatable bonds is 18. The zero-order valence-corrected chi connectivity index (χ0v) is 22.2. The Labute approximate surface area is 226 Å². The molecule has 2 rings (SSSR count). The highest BCUT2D eigenvalue weighted by Gasteiger charge is 2.04. The predicted octanol–water partition coefficient (Wildman–Crippen LogP) is 8.13. The Balaban J connectivity index is 1.29. The van der Waals surface area contributed by atoms with E-state index in [1.807, 2.05) is 0 Å². The summed E-state index contributed by atoms with van der Waals surface area (Å²) in [5, 5.41) is 23.7. The lowest BCUT2D eigenvalue weighted by Crippen LogP contribution is -2.14. The van der Waals surface area contributed by atoms with Crippen LogP contribution in [0.2, 0.25) is 0 Å². The number of hydrogen-bond acceptors (Lipinski definition) is 6. The zero-order chi connectivity index (χ0) is 27.3. The maximum atomic E-state index is 11.7. The van der Waals surface area contributed by atoms with Crippen LogP contribution in [0.3, 0.4) is 0 Å². The van der Waals surface area contributed by atoms with E-state index in [2.05, 4.69) is 22.8 Å². The second kappa shape index (κ2) is 19.4. The van der Waals surface area contributed by atoms with Crippen LogP contribution in [0.1, 0.15) is 77.0 Å². The highest BCUT2D eigenvalue weighted by Crippen LogP contribution is 2.15. The minimum atomic E-state index is -0.470. The largest absolute Gasteiger partial charge is 0.508 e. The van der Waals surface area contributed by atoms with Crippen LogP contribution in [0.15, 0.2) is 60.7 Å². The molecule has 0 aliphatic carbocycles. The molecule has 38 heavy (non-hydrogen) atoms. The van der Waals surface area contributed by atoms with E-state index >= 15 is 0 Å². The first kappa shape index (κ1) is 30.5. The molecule has 208 valence electrons. The summed E-state index contributed by atoms with van der Waals surface area (Å²) in [6, 6.07) is 12.5. The molecule has 0 aliphatic rings. The van der Waals surface area contributed by atoms with E-state index in [0.717, 1.165) is 51.4 Å². The number of benzene rings is 2. The Morgan fingerprint density at radius 2 is 0.895 bits per heavy atom. The van der Waals surface area contributed by atoms with Crippen molar-refractivity contribution in [2.24, 2.45) is 0 Å². The summed E-state index contributed by atoms with van der Waals surface area (Å²) in [5.41, 5.74) is 1.19. The summed E-state index contributed by atoms with van der Waals surface area (Å²) < 4.78 is 10.4. The molecule has 0 aliphatic heterocycles. The van der Waals surface area contributed by atoms with Gasteiger partial charge >= 0.3 is 12.2 Å². The van der Waals surface area contributed by atoms with Crippen LogP contribution in [0.25, 0.3) is 0 Å². The molecular weight excluding hydrogens is 484 g/mol. The Hall–Kier alpha value is -3.68. The summed E-state index contributed by atoms with van der Waals surface area (Å²) in [5.74, 6) is 0.311. The second-order valence-electron chi connectivity index (χ2n) is 9.20. The van der Waals surface area contributed by atoms with Crippen LogP contribution in [0.4, 0.5) is 21.0 Å². The standard InChI is InChI=1S/C30H42N2O6/c33-27-19-15-25(16-20-27)31-29(35)37-23-13-11-9-7-5-3-1-2-4-6-8-10-12-14-24-38-30(36)32-26-17-21-28(34)22-18-26/h1-2,15-22,33-34H,3-14,23-24H2,(H,31,35)(H,32,36)/b2-1+. The monoisotopic (exact) mass is 526 g/mol. The van der Waals surface area contributed by atoms with E-state index < -0.39 is 12.2 Å². The molecule has 8 nitrogen and oxygen atoms in total. The molecule has 0 spiro atoms. The van der Waals surface area contributed by atoms with Crippen molar-refractivity contribution in [2.75, 3.05) is 23.8 Å². The number of allylic oxidation sites excluding steroid dienone is 2. The normalized spacial score (nSPS) is 10.8. The predicted molar refractivity (Wildman–Crippen MR) is 151 cm³/mol. The number of amides is 2. The molecule has 2 amide bonds. The van der Waals surface area contributed by atoms with Crippen molar-refractivity contribution in [3.8, 4) is 11.5 Å². The Morgan fingerprint density at radius 3 is 1.29 bits per heavy atom. The van der Waals surface area contributed by atoms with Gasteiger partial charge in [-0.25, -0.2) is 9.59 Å². The van der Waals surface area contributed by atoms with E-state index in [9.17, 15) is 19.8 Å². The zero-order valence-electron chi connectivity index (χ0n) is 22.2. The summed E-state index contributed by atoms with van der Waals surface area (Å²) in [6.45, 7) is 0.820. The summed E-state index contributed by atoms with van der Waals surface area (Å²) in [7, 11) is 0. The number of phenolic OH excluding ortho intramolecular Hbond substituents is 2. The minimum Gasteiger partial charge on any atom is -0.508 e. The second-order valence-corrected chi connectivity index (χ2v) is 9.20. The van der Waals surface area contributed by atoms with E-state index in [4.69, 9.17) is 9.47 Å². The van der Waals surface area contributed by atoms with Crippen molar-refractivity contribution in [2.45, 2.75) is 77.0 Å². The maximum Gasteiger partial charge on any atom is 0.411 e. The van der Waals surface area contributed by atoms with Crippen molar-refractivity contribution < 1.29 is 29.3 Å². The number of phenols is 2. The lowest BCUT2D eigenvalue weighted by molar-refractivity contribution is 0.158. The Kier molecular flexibility index (Phi) is 15.6. The van der Waals surface area contributed by atoms with E-state index in [-0.39, 0.29) is 11.5 Å². The number of aromatic hydroxyl groups is 2. The molecule has 0 fully saturated rings. The summed E-state index contributed by atoms with van der Waals surface area (Å²) in [6.07, 6.45) is 16.6. The highest BCUT2D eigenvalue weighted by molar-refractivity contribution is 5.85. The molecule has 0 heterocycles. The van der Waals surface area contributed by atoms with Gasteiger partial charge in [-0.15, -0.1) is 0 Å². The molecule has 0 saturated carbocycles. The van der Waals surface area contributed by atoms with Crippen molar-refractivity contribution in [3.63, 3.8) is 0 Å². The third-order valence-electron chi connectivity index (χ3n) is 5.89. The molecule has 8 heteroatoms. The van der Waals surface area contributed by atoms with Crippen LogP contribution in [0, 0.1) is 0 Å². The Morgan fingerprint density at radius 1 is 0.553 bits per heavy atom. The lowest BCUT2D eigenvalue weighted by atomic mass is 10.1. The van der Waals surface area contributed by atoms with Gasteiger partial charge in [-0.1, -0.05) is 50.7 Å². The van der Waals surface area contributed by atoms with Gasteiger partial charge in [0.25, 0.3) is 0 Å². The van der Waals surface area contributed by atoms with Crippen LogP contribution in [-0.4, -0.2) is 35.6 Å². The van der Waals surface area contributed by atoms with E-state index in [1.54, 1.807) is 24.3 Å². The average Bonchev–Trinajstić information content (AvgIpc) is 2.90. The number of carbonyl (C=O) groups is 2. The number of unbranched alkanes of at least 4 members (excludes halogenated alkanes) is 10. The van der Waals surface area contributed by atoms with Gasteiger partial charge in [-0.2, -0.15) is 0 Å². The number of carbonyl (C=O) groups excluding carboxylic acids is 2. The summed E-state index contributed by atoms with van der Waals surface area (Å²) >= 11 is 0. The average molecular weight is 527 g/mol. The quantitative estimate of drug-likeness (QED) is 0.0885. The van der Waals surface area contributed by atoms with Crippen LogP contribution >= 0.6 is 0 Å². The van der Waals surface area contributed by atoms with E-state index in [0.29, 0.717) is 24.6 Å².